The molecule has 0 bridgehead atoms. The zero-order chi connectivity index (χ0) is 15.6. The smallest absolute Gasteiger partial charge is 0.0361 e. The number of rotatable bonds is 4. The van der Waals surface area contributed by atoms with Gasteiger partial charge in [0, 0.05) is 10.5 Å². The molecule has 0 amide bonds. The monoisotopic (exact) mass is 345 g/mol. The molecule has 0 heterocycles. The van der Waals surface area contributed by atoms with Crippen LogP contribution >= 0.6 is 15.9 Å². The molecule has 2 rings (SSSR count). The van der Waals surface area contributed by atoms with Crippen molar-refractivity contribution in [3.05, 3.63) is 68.2 Å². The van der Waals surface area contributed by atoms with Gasteiger partial charge in [0.15, 0.2) is 0 Å². The van der Waals surface area contributed by atoms with Gasteiger partial charge in [-0.15, -0.1) is 0 Å². The predicted octanol–water partition coefficient (Wildman–Crippen LogP) is 5.19. The highest BCUT2D eigenvalue weighted by molar-refractivity contribution is 9.10. The molecule has 0 fully saturated rings. The Bertz CT molecular complexity index is 646. The molecule has 2 heteroatoms. The lowest BCUT2D eigenvalue weighted by Gasteiger charge is -2.21. The fourth-order valence-corrected chi connectivity index (χ4v) is 3.17. The quantitative estimate of drug-likeness (QED) is 0.804. The van der Waals surface area contributed by atoms with Crippen molar-refractivity contribution in [1.82, 2.24) is 5.32 Å². The molecule has 0 aliphatic rings. The van der Waals surface area contributed by atoms with E-state index in [0.29, 0.717) is 6.04 Å². The van der Waals surface area contributed by atoms with Gasteiger partial charge in [-0.25, -0.2) is 0 Å². The Labute approximate surface area is 136 Å². The first-order valence-corrected chi connectivity index (χ1v) is 8.21. The number of hydrogen-bond acceptors (Lipinski definition) is 1. The maximum atomic E-state index is 3.62. The molecule has 1 N–H and O–H groups in total. The number of halogens is 1. The fourth-order valence-electron chi connectivity index (χ4n) is 2.71. The number of benzene rings is 2. The molecule has 0 radical (unpaired) electrons. The van der Waals surface area contributed by atoms with Crippen LogP contribution in [0.5, 0.6) is 0 Å². The van der Waals surface area contributed by atoms with E-state index in [9.17, 15) is 0 Å². The van der Waals surface area contributed by atoms with Gasteiger partial charge < -0.3 is 5.32 Å². The Morgan fingerprint density at radius 2 is 1.62 bits per heavy atom. The van der Waals surface area contributed by atoms with Crippen LogP contribution in [0.1, 0.15) is 39.4 Å². The standard InChI is InChI=1S/C19H24BrN/c1-12-6-7-16(8-13(12)2)11-19(21-5)17-9-15(4)18(20)10-14(17)3/h6-10,19,21H,11H2,1-5H3. The lowest BCUT2D eigenvalue weighted by Crippen LogP contribution is -2.20. The molecule has 2 aromatic rings. The molecular formula is C19H24BrN. The summed E-state index contributed by atoms with van der Waals surface area (Å²) in [6.07, 6.45) is 1.01. The number of hydrogen-bond donors (Lipinski definition) is 1. The third kappa shape index (κ3) is 3.75. The van der Waals surface area contributed by atoms with Gasteiger partial charge in [-0.05, 0) is 80.6 Å². The summed E-state index contributed by atoms with van der Waals surface area (Å²) in [5.74, 6) is 0. The normalized spacial score (nSPS) is 12.5. The Morgan fingerprint density at radius 1 is 0.905 bits per heavy atom. The van der Waals surface area contributed by atoms with Crippen LogP contribution in [0.3, 0.4) is 0 Å². The predicted molar refractivity (Wildman–Crippen MR) is 95.0 cm³/mol. The molecule has 0 spiro atoms. The van der Waals surface area contributed by atoms with Crippen LogP contribution < -0.4 is 5.32 Å². The molecule has 0 aromatic heterocycles. The number of likely N-dealkylation sites (N-methyl/N-ethyl adjacent to an activating group) is 1. The van der Waals surface area contributed by atoms with Crippen molar-refractivity contribution < 1.29 is 0 Å². The molecule has 21 heavy (non-hydrogen) atoms. The van der Waals surface area contributed by atoms with Gasteiger partial charge in [-0.1, -0.05) is 40.2 Å². The van der Waals surface area contributed by atoms with E-state index in [4.69, 9.17) is 0 Å². The largest absolute Gasteiger partial charge is 0.313 e. The van der Waals surface area contributed by atoms with Gasteiger partial charge in [-0.3, -0.25) is 0 Å². The van der Waals surface area contributed by atoms with Crippen molar-refractivity contribution >= 4 is 15.9 Å². The lowest BCUT2D eigenvalue weighted by molar-refractivity contribution is 0.588. The maximum Gasteiger partial charge on any atom is 0.0361 e. The fraction of sp³-hybridized carbons (Fsp3) is 0.368. The summed E-state index contributed by atoms with van der Waals surface area (Å²) in [4.78, 5) is 0. The van der Waals surface area contributed by atoms with Crippen molar-refractivity contribution in [1.29, 1.82) is 0 Å². The van der Waals surface area contributed by atoms with Gasteiger partial charge in [-0.2, -0.15) is 0 Å². The van der Waals surface area contributed by atoms with Crippen molar-refractivity contribution in [2.75, 3.05) is 7.05 Å². The third-order valence-corrected chi connectivity index (χ3v) is 5.14. The van der Waals surface area contributed by atoms with E-state index in [1.54, 1.807) is 0 Å². The summed E-state index contributed by atoms with van der Waals surface area (Å²) in [6.45, 7) is 8.68. The minimum Gasteiger partial charge on any atom is -0.313 e. The molecule has 1 nitrogen and oxygen atoms in total. The Kier molecular flexibility index (Phi) is 5.23. The van der Waals surface area contributed by atoms with E-state index < -0.39 is 0 Å². The highest BCUT2D eigenvalue weighted by Crippen LogP contribution is 2.27. The van der Waals surface area contributed by atoms with Crippen LogP contribution in [0, 0.1) is 27.7 Å². The van der Waals surface area contributed by atoms with Crippen molar-refractivity contribution in [2.24, 2.45) is 0 Å². The van der Waals surface area contributed by atoms with E-state index in [1.165, 1.54) is 37.9 Å². The highest BCUT2D eigenvalue weighted by Gasteiger charge is 2.14. The second-order valence-electron chi connectivity index (χ2n) is 5.92. The van der Waals surface area contributed by atoms with Gasteiger partial charge in [0.2, 0.25) is 0 Å². The lowest BCUT2D eigenvalue weighted by atomic mass is 9.93. The minimum absolute atomic E-state index is 0.346. The molecule has 0 saturated carbocycles. The van der Waals surface area contributed by atoms with E-state index in [-0.39, 0.29) is 0 Å². The first-order valence-electron chi connectivity index (χ1n) is 7.42. The van der Waals surface area contributed by atoms with Crippen molar-refractivity contribution in [2.45, 2.75) is 40.2 Å². The molecule has 112 valence electrons. The first-order chi connectivity index (χ1) is 9.92. The molecular weight excluding hydrogens is 322 g/mol. The van der Waals surface area contributed by atoms with Crippen molar-refractivity contribution in [3.63, 3.8) is 0 Å². The molecule has 0 aliphatic carbocycles. The average molecular weight is 346 g/mol. The van der Waals surface area contributed by atoms with Crippen LogP contribution in [0.2, 0.25) is 0 Å². The van der Waals surface area contributed by atoms with E-state index in [2.05, 4.69) is 79.3 Å². The topological polar surface area (TPSA) is 12.0 Å². The Hall–Kier alpha value is -1.12. The van der Waals surface area contributed by atoms with E-state index >= 15 is 0 Å². The Morgan fingerprint density at radius 3 is 2.24 bits per heavy atom. The molecule has 2 aromatic carbocycles. The summed E-state index contributed by atoms with van der Waals surface area (Å²) in [5.41, 5.74) is 8.11. The Balaban J connectivity index is 2.31. The van der Waals surface area contributed by atoms with E-state index in [0.717, 1.165) is 6.42 Å². The summed E-state index contributed by atoms with van der Waals surface area (Å²) in [7, 11) is 2.04. The summed E-state index contributed by atoms with van der Waals surface area (Å²) in [6, 6.07) is 11.6. The number of nitrogens with one attached hydrogen (secondary N) is 1. The van der Waals surface area contributed by atoms with Gasteiger partial charge in [0.25, 0.3) is 0 Å². The summed E-state index contributed by atoms with van der Waals surface area (Å²) >= 11 is 3.62. The van der Waals surface area contributed by atoms with Crippen LogP contribution in [-0.4, -0.2) is 7.05 Å². The maximum absolute atomic E-state index is 3.62. The molecule has 1 atom stereocenters. The average Bonchev–Trinajstić information content (AvgIpc) is 2.44. The van der Waals surface area contributed by atoms with Crippen molar-refractivity contribution in [3.8, 4) is 0 Å². The second kappa shape index (κ2) is 6.76. The van der Waals surface area contributed by atoms with Crippen LogP contribution in [0.4, 0.5) is 0 Å². The van der Waals surface area contributed by atoms with E-state index in [1.807, 2.05) is 7.05 Å². The molecule has 0 saturated heterocycles. The third-order valence-electron chi connectivity index (χ3n) is 4.28. The minimum atomic E-state index is 0.346. The molecule has 0 aliphatic heterocycles. The van der Waals surface area contributed by atoms with Gasteiger partial charge >= 0.3 is 0 Å². The van der Waals surface area contributed by atoms with Crippen LogP contribution in [0.25, 0.3) is 0 Å². The highest BCUT2D eigenvalue weighted by atomic mass is 79.9. The second-order valence-corrected chi connectivity index (χ2v) is 6.78. The van der Waals surface area contributed by atoms with Crippen LogP contribution in [-0.2, 0) is 6.42 Å². The first kappa shape index (κ1) is 16.3. The van der Waals surface area contributed by atoms with Gasteiger partial charge in [0.1, 0.15) is 0 Å². The molecule has 1 unspecified atom stereocenters. The van der Waals surface area contributed by atoms with Gasteiger partial charge in [0.05, 0.1) is 0 Å². The number of aryl methyl sites for hydroxylation is 4. The summed E-state index contributed by atoms with van der Waals surface area (Å²) in [5, 5.41) is 3.47. The summed E-state index contributed by atoms with van der Waals surface area (Å²) < 4.78 is 1.18. The SMILES string of the molecule is CNC(Cc1ccc(C)c(C)c1)c1cc(C)c(Br)cc1C. The van der Waals surface area contributed by atoms with Crippen LogP contribution in [0.15, 0.2) is 34.8 Å². The zero-order valence-corrected chi connectivity index (χ0v) is 15.1. The zero-order valence-electron chi connectivity index (χ0n) is 13.5.